The van der Waals surface area contributed by atoms with E-state index >= 15 is 0 Å². The first-order valence-electron chi connectivity index (χ1n) is 14.8. The molecule has 7 rings (SSSR count). The van der Waals surface area contributed by atoms with Crippen LogP contribution in [0.25, 0.3) is 28.0 Å². The summed E-state index contributed by atoms with van der Waals surface area (Å²) in [4.78, 5) is 0. The lowest BCUT2D eigenvalue weighted by molar-refractivity contribution is 0.151. The van der Waals surface area contributed by atoms with Crippen molar-refractivity contribution in [3.05, 3.63) is 112 Å². The summed E-state index contributed by atoms with van der Waals surface area (Å²) in [7, 11) is 6.65. The predicted octanol–water partition coefficient (Wildman–Crippen LogP) is 8.86. The summed E-state index contributed by atoms with van der Waals surface area (Å²) < 4.78 is 44.7. The summed E-state index contributed by atoms with van der Waals surface area (Å²) in [6.07, 6.45) is 10.0. The summed E-state index contributed by atoms with van der Waals surface area (Å²) in [5.41, 5.74) is 5.85. The number of allylic oxidation sites excluding steroid dienone is 3. The Morgan fingerprint density at radius 1 is 0.773 bits per heavy atom. The van der Waals surface area contributed by atoms with Gasteiger partial charge < -0.3 is 23.7 Å². The number of hydrogen-bond donors (Lipinski definition) is 0. The van der Waals surface area contributed by atoms with Crippen molar-refractivity contribution in [3.63, 3.8) is 0 Å². The van der Waals surface area contributed by atoms with Gasteiger partial charge in [0.15, 0.2) is 17.1 Å². The van der Waals surface area contributed by atoms with Gasteiger partial charge in [0, 0.05) is 28.3 Å². The second-order valence-electron chi connectivity index (χ2n) is 12.0. The van der Waals surface area contributed by atoms with Gasteiger partial charge in [-0.3, -0.25) is 0 Å². The van der Waals surface area contributed by atoms with Gasteiger partial charge >= 0.3 is 0 Å². The first-order valence-corrected chi connectivity index (χ1v) is 14.8. The fourth-order valence-electron chi connectivity index (χ4n) is 7.23. The maximum atomic E-state index is 14.7. The molecule has 0 saturated carbocycles. The quantitative estimate of drug-likeness (QED) is 0.225. The molecular weight excluding hydrogens is 555 g/mol. The Labute approximate surface area is 257 Å². The van der Waals surface area contributed by atoms with Gasteiger partial charge in [0.2, 0.25) is 0 Å². The van der Waals surface area contributed by atoms with Crippen molar-refractivity contribution >= 4 is 16.8 Å². The van der Waals surface area contributed by atoms with Crippen molar-refractivity contribution in [1.29, 1.82) is 0 Å². The number of halogens is 1. The molecule has 1 unspecified atom stereocenters. The Kier molecular flexibility index (Phi) is 6.50. The topological polar surface area (TPSA) is 46.2 Å². The summed E-state index contributed by atoms with van der Waals surface area (Å²) >= 11 is 0. The van der Waals surface area contributed by atoms with E-state index in [1.807, 2.05) is 36.4 Å². The molecule has 0 fully saturated rings. The third-order valence-electron chi connectivity index (χ3n) is 9.47. The number of benzene rings is 4. The van der Waals surface area contributed by atoms with Crippen LogP contribution < -0.4 is 18.9 Å². The van der Waals surface area contributed by atoms with Crippen LogP contribution in [-0.2, 0) is 15.8 Å². The van der Waals surface area contributed by atoms with E-state index in [0.29, 0.717) is 11.5 Å². The van der Waals surface area contributed by atoms with Crippen molar-refractivity contribution in [2.45, 2.75) is 37.7 Å². The van der Waals surface area contributed by atoms with Crippen LogP contribution in [0.1, 0.15) is 48.9 Å². The fraction of sp³-hybridized carbons (Fsp3) is 0.263. The van der Waals surface area contributed by atoms with Crippen molar-refractivity contribution in [2.24, 2.45) is 0 Å². The molecule has 0 spiro atoms. The highest BCUT2D eigenvalue weighted by atomic mass is 19.1. The Balaban J connectivity index is 1.56. The minimum atomic E-state index is -0.884. The molecule has 4 aromatic carbocycles. The lowest BCUT2D eigenvalue weighted by Crippen LogP contribution is -2.36. The molecule has 0 aromatic heterocycles. The molecule has 6 heteroatoms. The number of fused-ring (bicyclic) bond motifs is 8. The number of methoxy groups -OCH3 is 4. The molecule has 2 aliphatic carbocycles. The van der Waals surface area contributed by atoms with Crippen LogP contribution in [0.4, 0.5) is 4.39 Å². The van der Waals surface area contributed by atoms with E-state index in [2.05, 4.69) is 44.2 Å². The predicted molar refractivity (Wildman–Crippen MR) is 171 cm³/mol. The second-order valence-corrected chi connectivity index (χ2v) is 12.0. The van der Waals surface area contributed by atoms with E-state index in [-0.39, 0.29) is 5.82 Å². The highest BCUT2D eigenvalue weighted by Crippen LogP contribution is 2.59. The summed E-state index contributed by atoms with van der Waals surface area (Å²) in [6, 6.07) is 17.2. The SMILES string of the molecule is COC1=CC=C(C2(c3ccc(OC)cc3)C=Cc3c4c(c5cc(OC)c(OC)cc5c3O2)-c2ccc(F)cc2C4(C)C)CC1. The number of rotatable bonds is 6. The summed E-state index contributed by atoms with van der Waals surface area (Å²) in [6.45, 7) is 4.31. The molecule has 0 saturated heterocycles. The van der Waals surface area contributed by atoms with Crippen LogP contribution in [0.15, 0.2) is 84.2 Å². The molecule has 1 atom stereocenters. The molecule has 0 radical (unpaired) electrons. The van der Waals surface area contributed by atoms with Crippen LogP contribution in [0.3, 0.4) is 0 Å². The molecule has 0 amide bonds. The van der Waals surface area contributed by atoms with Gasteiger partial charge in [-0.25, -0.2) is 4.39 Å². The summed E-state index contributed by atoms with van der Waals surface area (Å²) in [5, 5.41) is 1.86. The Hall–Kier alpha value is -4.71. The maximum absolute atomic E-state index is 14.7. The molecule has 44 heavy (non-hydrogen) atoms. The molecule has 3 aliphatic rings. The molecule has 1 aliphatic heterocycles. The van der Waals surface area contributed by atoms with E-state index in [1.165, 1.54) is 6.07 Å². The number of hydrogen-bond acceptors (Lipinski definition) is 5. The first-order chi connectivity index (χ1) is 21.2. The monoisotopic (exact) mass is 590 g/mol. The zero-order valence-corrected chi connectivity index (χ0v) is 25.8. The zero-order valence-electron chi connectivity index (χ0n) is 25.8. The average molecular weight is 591 g/mol. The normalized spacial score (nSPS) is 19.2. The highest BCUT2D eigenvalue weighted by molar-refractivity contribution is 6.09. The van der Waals surface area contributed by atoms with Crippen molar-refractivity contribution in [3.8, 4) is 34.1 Å². The summed E-state index contributed by atoms with van der Waals surface area (Å²) in [5.74, 6) is 3.44. The van der Waals surface area contributed by atoms with Crippen molar-refractivity contribution in [2.75, 3.05) is 28.4 Å². The molecule has 0 bridgehead atoms. The first kappa shape index (κ1) is 28.1. The van der Waals surface area contributed by atoms with Crippen LogP contribution >= 0.6 is 0 Å². The molecule has 5 nitrogen and oxygen atoms in total. The zero-order chi connectivity index (χ0) is 30.8. The second kappa shape index (κ2) is 10.2. The molecule has 1 heterocycles. The van der Waals surface area contributed by atoms with E-state index < -0.39 is 11.0 Å². The van der Waals surface area contributed by atoms with Gasteiger partial charge in [-0.1, -0.05) is 44.2 Å². The van der Waals surface area contributed by atoms with Gasteiger partial charge in [0.1, 0.15) is 17.3 Å². The van der Waals surface area contributed by atoms with Gasteiger partial charge in [-0.15, -0.1) is 0 Å². The third-order valence-corrected chi connectivity index (χ3v) is 9.47. The molecule has 0 N–H and O–H groups in total. The van der Waals surface area contributed by atoms with Crippen LogP contribution in [0, 0.1) is 5.82 Å². The Bertz CT molecular complexity index is 1910. The Morgan fingerprint density at radius 2 is 1.50 bits per heavy atom. The minimum Gasteiger partial charge on any atom is -0.501 e. The molecular formula is C38H35FO5. The molecule has 4 aromatic rings. The average Bonchev–Trinajstić information content (AvgIpc) is 3.29. The molecule has 224 valence electrons. The lowest BCUT2D eigenvalue weighted by atomic mass is 9.75. The van der Waals surface area contributed by atoms with Crippen LogP contribution in [0.2, 0.25) is 0 Å². The number of ether oxygens (including phenoxy) is 5. The van der Waals surface area contributed by atoms with Crippen LogP contribution in [0.5, 0.6) is 23.0 Å². The smallest absolute Gasteiger partial charge is 0.174 e. The van der Waals surface area contributed by atoms with Gasteiger partial charge in [-0.2, -0.15) is 0 Å². The van der Waals surface area contributed by atoms with Gasteiger partial charge in [0.05, 0.1) is 34.2 Å². The standard InChI is InChI=1S/C38H35FO5/c1-37(2)31-19-24(39)11-16-27(31)34-29-20-32(42-5)33(43-6)21-30(29)36-28(35(34)37)17-18-38(44-36,22-7-12-25(40-3)13-8-22)23-9-14-26(41-4)15-10-23/h7-9,11-14,16-21H,10,15H2,1-6H3. The van der Waals surface area contributed by atoms with Crippen LogP contribution in [-0.4, -0.2) is 28.4 Å². The van der Waals surface area contributed by atoms with E-state index in [4.69, 9.17) is 23.7 Å². The van der Waals surface area contributed by atoms with Crippen molar-refractivity contribution in [1.82, 2.24) is 0 Å². The minimum absolute atomic E-state index is 0.250. The van der Waals surface area contributed by atoms with E-state index in [0.717, 1.165) is 79.8 Å². The largest absolute Gasteiger partial charge is 0.501 e. The fourth-order valence-corrected chi connectivity index (χ4v) is 7.23. The van der Waals surface area contributed by atoms with Gasteiger partial charge in [0.25, 0.3) is 0 Å². The lowest BCUT2D eigenvalue weighted by Gasteiger charge is -2.40. The Morgan fingerprint density at radius 3 is 2.14 bits per heavy atom. The van der Waals surface area contributed by atoms with E-state index in [9.17, 15) is 4.39 Å². The highest BCUT2D eigenvalue weighted by Gasteiger charge is 2.45. The van der Waals surface area contributed by atoms with Crippen molar-refractivity contribution < 1.29 is 28.1 Å². The van der Waals surface area contributed by atoms with E-state index in [1.54, 1.807) is 34.5 Å². The third kappa shape index (κ3) is 3.97. The van der Waals surface area contributed by atoms with Gasteiger partial charge in [-0.05, 0) is 88.2 Å². The maximum Gasteiger partial charge on any atom is 0.174 e.